The van der Waals surface area contributed by atoms with E-state index in [1.54, 1.807) is 0 Å². The van der Waals surface area contributed by atoms with Crippen molar-refractivity contribution in [2.75, 3.05) is 26.7 Å². The SMILES string of the molecule is CN(CC(=O)c1cccs1)C[C@H]1CCCCN1. The standard InChI is InChI=1S/C13H20N2OS/c1-15(9-11-5-2-3-7-14-11)10-12(16)13-6-4-8-17-13/h4,6,8,11,14H,2-3,5,7,9-10H2,1H3/t11-/m1/s1. The maximum Gasteiger partial charge on any atom is 0.186 e. The smallest absolute Gasteiger partial charge is 0.186 e. The van der Waals surface area contributed by atoms with Crippen LogP contribution in [0.2, 0.25) is 0 Å². The number of piperidine rings is 1. The highest BCUT2D eigenvalue weighted by Gasteiger charge is 2.16. The molecule has 1 atom stereocenters. The zero-order chi connectivity index (χ0) is 12.1. The van der Waals surface area contributed by atoms with Crippen molar-refractivity contribution >= 4 is 17.1 Å². The zero-order valence-corrected chi connectivity index (χ0v) is 11.1. The molecule has 1 aliphatic rings. The van der Waals surface area contributed by atoms with E-state index in [-0.39, 0.29) is 5.78 Å². The van der Waals surface area contributed by atoms with Crippen LogP contribution in [0.25, 0.3) is 0 Å². The van der Waals surface area contributed by atoms with Crippen molar-refractivity contribution in [2.45, 2.75) is 25.3 Å². The van der Waals surface area contributed by atoms with Gasteiger partial charge in [-0.05, 0) is 37.9 Å². The maximum absolute atomic E-state index is 11.9. The second kappa shape index (κ2) is 6.28. The van der Waals surface area contributed by atoms with Crippen LogP contribution in [-0.2, 0) is 0 Å². The van der Waals surface area contributed by atoms with E-state index in [4.69, 9.17) is 0 Å². The van der Waals surface area contributed by atoms with Gasteiger partial charge in [0.1, 0.15) is 0 Å². The fraction of sp³-hybridized carbons (Fsp3) is 0.615. The molecule has 94 valence electrons. The second-order valence-corrected chi connectivity index (χ2v) is 5.69. The summed E-state index contributed by atoms with van der Waals surface area (Å²) in [5.74, 6) is 0.235. The molecular weight excluding hydrogens is 232 g/mol. The Morgan fingerprint density at radius 1 is 1.59 bits per heavy atom. The highest BCUT2D eigenvalue weighted by Crippen LogP contribution is 2.11. The molecule has 2 heterocycles. The molecule has 1 aromatic heterocycles. The molecule has 0 unspecified atom stereocenters. The van der Waals surface area contributed by atoms with Crippen molar-refractivity contribution in [1.29, 1.82) is 0 Å². The third-order valence-corrected chi connectivity index (χ3v) is 4.06. The predicted octanol–water partition coefficient (Wildman–Crippen LogP) is 2.00. The molecule has 0 spiro atoms. The number of nitrogens with zero attached hydrogens (tertiary/aromatic N) is 1. The van der Waals surface area contributed by atoms with Gasteiger partial charge in [-0.1, -0.05) is 12.5 Å². The van der Waals surface area contributed by atoms with E-state index in [1.165, 1.54) is 30.6 Å². The number of thiophene rings is 1. The summed E-state index contributed by atoms with van der Waals surface area (Å²) in [6.45, 7) is 2.62. The lowest BCUT2D eigenvalue weighted by Gasteiger charge is -2.27. The minimum atomic E-state index is 0.235. The number of Topliss-reactive ketones (excluding diaryl/α,β-unsaturated/α-hetero) is 1. The molecule has 2 rings (SSSR count). The fourth-order valence-corrected chi connectivity index (χ4v) is 2.94. The quantitative estimate of drug-likeness (QED) is 0.814. The summed E-state index contributed by atoms with van der Waals surface area (Å²) in [6.07, 6.45) is 3.83. The molecule has 0 amide bonds. The lowest BCUT2D eigenvalue weighted by molar-refractivity contribution is 0.0943. The number of carbonyl (C=O) groups is 1. The predicted molar refractivity (Wildman–Crippen MR) is 71.8 cm³/mol. The van der Waals surface area contributed by atoms with Gasteiger partial charge < -0.3 is 5.32 Å². The van der Waals surface area contributed by atoms with Crippen LogP contribution in [0.15, 0.2) is 17.5 Å². The number of hydrogen-bond donors (Lipinski definition) is 1. The van der Waals surface area contributed by atoms with Gasteiger partial charge in [-0.3, -0.25) is 9.69 Å². The Balaban J connectivity index is 1.76. The van der Waals surface area contributed by atoms with Gasteiger partial charge >= 0.3 is 0 Å². The average molecular weight is 252 g/mol. The van der Waals surface area contributed by atoms with E-state index in [2.05, 4.69) is 10.2 Å². The summed E-state index contributed by atoms with van der Waals surface area (Å²) >= 11 is 1.53. The number of hydrogen-bond acceptors (Lipinski definition) is 4. The summed E-state index contributed by atoms with van der Waals surface area (Å²) in [4.78, 5) is 14.9. The lowest BCUT2D eigenvalue weighted by Crippen LogP contribution is -2.43. The minimum Gasteiger partial charge on any atom is -0.313 e. The van der Waals surface area contributed by atoms with Crippen LogP contribution in [0.5, 0.6) is 0 Å². The van der Waals surface area contributed by atoms with Gasteiger partial charge in [-0.25, -0.2) is 0 Å². The van der Waals surface area contributed by atoms with E-state index >= 15 is 0 Å². The van der Waals surface area contributed by atoms with E-state index in [9.17, 15) is 4.79 Å². The molecule has 4 heteroatoms. The van der Waals surface area contributed by atoms with Gasteiger partial charge in [0, 0.05) is 12.6 Å². The Hall–Kier alpha value is -0.710. The largest absolute Gasteiger partial charge is 0.313 e. The molecule has 0 aliphatic carbocycles. The van der Waals surface area contributed by atoms with E-state index in [0.29, 0.717) is 12.6 Å². The molecule has 1 N–H and O–H groups in total. The lowest BCUT2D eigenvalue weighted by atomic mass is 10.0. The Kier molecular flexibility index (Phi) is 4.71. The zero-order valence-electron chi connectivity index (χ0n) is 10.3. The molecule has 1 saturated heterocycles. The van der Waals surface area contributed by atoms with Gasteiger partial charge in [0.2, 0.25) is 0 Å². The molecule has 1 aliphatic heterocycles. The monoisotopic (exact) mass is 252 g/mol. The van der Waals surface area contributed by atoms with Crippen molar-refractivity contribution in [1.82, 2.24) is 10.2 Å². The minimum absolute atomic E-state index is 0.235. The molecule has 0 bridgehead atoms. The number of nitrogens with one attached hydrogen (secondary N) is 1. The second-order valence-electron chi connectivity index (χ2n) is 4.74. The normalized spacial score (nSPS) is 20.7. The summed E-state index contributed by atoms with van der Waals surface area (Å²) in [5, 5.41) is 5.46. The van der Waals surface area contributed by atoms with E-state index in [0.717, 1.165) is 18.0 Å². The molecule has 0 saturated carbocycles. The van der Waals surface area contributed by atoms with Crippen molar-refractivity contribution in [3.8, 4) is 0 Å². The molecule has 17 heavy (non-hydrogen) atoms. The van der Waals surface area contributed by atoms with Crippen LogP contribution < -0.4 is 5.32 Å². The van der Waals surface area contributed by atoms with Crippen LogP contribution in [0.3, 0.4) is 0 Å². The third-order valence-electron chi connectivity index (χ3n) is 3.15. The number of likely N-dealkylation sites (N-methyl/N-ethyl adjacent to an activating group) is 1. The van der Waals surface area contributed by atoms with Crippen LogP contribution in [0.4, 0.5) is 0 Å². The Morgan fingerprint density at radius 3 is 3.12 bits per heavy atom. The van der Waals surface area contributed by atoms with Crippen LogP contribution in [0, 0.1) is 0 Å². The first-order chi connectivity index (χ1) is 8.25. The number of ketones is 1. The number of rotatable bonds is 5. The first-order valence-electron chi connectivity index (χ1n) is 6.24. The summed E-state index contributed by atoms with van der Waals surface area (Å²) in [7, 11) is 2.03. The molecular formula is C13H20N2OS. The van der Waals surface area contributed by atoms with Crippen molar-refractivity contribution in [2.24, 2.45) is 0 Å². The highest BCUT2D eigenvalue weighted by molar-refractivity contribution is 7.12. The summed E-state index contributed by atoms with van der Waals surface area (Å²) < 4.78 is 0. The van der Waals surface area contributed by atoms with E-state index in [1.807, 2.05) is 24.6 Å². The number of carbonyl (C=O) groups excluding carboxylic acids is 1. The van der Waals surface area contributed by atoms with Gasteiger partial charge in [-0.2, -0.15) is 0 Å². The van der Waals surface area contributed by atoms with Gasteiger partial charge in [-0.15, -0.1) is 11.3 Å². The van der Waals surface area contributed by atoms with Crippen LogP contribution in [-0.4, -0.2) is 43.4 Å². The first kappa shape index (κ1) is 12.7. The fourth-order valence-electron chi connectivity index (χ4n) is 2.28. The molecule has 0 aromatic carbocycles. The topological polar surface area (TPSA) is 32.3 Å². The van der Waals surface area contributed by atoms with Crippen molar-refractivity contribution in [3.63, 3.8) is 0 Å². The highest BCUT2D eigenvalue weighted by atomic mass is 32.1. The molecule has 1 fully saturated rings. The van der Waals surface area contributed by atoms with Gasteiger partial charge in [0.05, 0.1) is 11.4 Å². The first-order valence-corrected chi connectivity index (χ1v) is 7.12. The van der Waals surface area contributed by atoms with Crippen LogP contribution >= 0.6 is 11.3 Å². The average Bonchev–Trinajstić information content (AvgIpc) is 2.83. The van der Waals surface area contributed by atoms with Gasteiger partial charge in [0.25, 0.3) is 0 Å². The van der Waals surface area contributed by atoms with Crippen LogP contribution in [0.1, 0.15) is 28.9 Å². The Labute approximate surface area is 107 Å². The maximum atomic E-state index is 11.9. The summed E-state index contributed by atoms with van der Waals surface area (Å²) in [6, 6.07) is 4.39. The Bertz CT molecular complexity index is 344. The molecule has 1 aromatic rings. The molecule has 0 radical (unpaired) electrons. The van der Waals surface area contributed by atoms with E-state index < -0.39 is 0 Å². The molecule has 3 nitrogen and oxygen atoms in total. The van der Waals surface area contributed by atoms with Crippen molar-refractivity contribution < 1.29 is 4.79 Å². The van der Waals surface area contributed by atoms with Crippen molar-refractivity contribution in [3.05, 3.63) is 22.4 Å². The van der Waals surface area contributed by atoms with Gasteiger partial charge in [0.15, 0.2) is 5.78 Å². The third kappa shape index (κ3) is 3.91. The Morgan fingerprint density at radius 2 is 2.47 bits per heavy atom. The summed E-state index contributed by atoms with van der Waals surface area (Å²) in [5.41, 5.74) is 0.